The fourth-order valence-electron chi connectivity index (χ4n) is 4.37. The normalized spacial score (nSPS) is 22.6. The van der Waals surface area contributed by atoms with E-state index in [2.05, 4.69) is 13.0 Å². The van der Waals surface area contributed by atoms with Crippen molar-refractivity contribution in [2.75, 3.05) is 5.75 Å². The number of allylic oxidation sites excluding steroid dienone is 1. The molecule has 1 aliphatic rings. The summed E-state index contributed by atoms with van der Waals surface area (Å²) >= 11 is 1.46. The Kier molecular flexibility index (Phi) is 15.9. The highest BCUT2D eigenvalue weighted by Gasteiger charge is 2.36. The maximum atomic E-state index is 11.1. The molecule has 0 amide bonds. The molecule has 3 N–H and O–H groups in total. The summed E-state index contributed by atoms with van der Waals surface area (Å²) in [6.45, 7) is 2.25. The molecular formula is C25H44O5S. The minimum Gasteiger partial charge on any atom is -0.481 e. The second-order valence-corrected chi connectivity index (χ2v) is 10.2. The van der Waals surface area contributed by atoms with E-state index in [4.69, 9.17) is 10.2 Å². The third-order valence-corrected chi connectivity index (χ3v) is 7.61. The molecule has 0 spiro atoms. The van der Waals surface area contributed by atoms with Gasteiger partial charge in [-0.2, -0.15) is 11.8 Å². The van der Waals surface area contributed by atoms with E-state index in [0.717, 1.165) is 19.3 Å². The molecule has 0 saturated heterocycles. The number of aliphatic hydroxyl groups excluding tert-OH is 1. The molecule has 1 saturated carbocycles. The average Bonchev–Trinajstić information content (AvgIpc) is 2.72. The first-order chi connectivity index (χ1) is 15.0. The molecule has 0 bridgehead atoms. The van der Waals surface area contributed by atoms with Gasteiger partial charge in [-0.1, -0.05) is 82.8 Å². The maximum absolute atomic E-state index is 11.1. The number of aliphatic hydroxyl groups is 1. The molecule has 0 aromatic rings. The summed E-state index contributed by atoms with van der Waals surface area (Å²) in [6.07, 6.45) is 18.5. The maximum Gasteiger partial charge on any atom is 0.304 e. The van der Waals surface area contributed by atoms with Crippen LogP contribution in [0, 0.1) is 5.92 Å². The molecule has 1 rings (SSSR count). The van der Waals surface area contributed by atoms with E-state index in [1.807, 2.05) is 0 Å². The standard InChI is InChI=1S/C25H44O5S/c1-2-3-4-5-6-7-8-9-10-11-12-13-14-20-15-16-21(19-23(28)29)24(30)25(20)31-18-17-22(26)27/h14,21,24-25,30H,2-13,15-19H2,1H3,(H,26,27)(H,28,29)/b20-14+/t21-,24-,25-/m1/s1. The molecule has 0 heterocycles. The fourth-order valence-corrected chi connectivity index (χ4v) is 5.77. The van der Waals surface area contributed by atoms with Crippen LogP contribution >= 0.6 is 11.8 Å². The molecule has 1 aliphatic carbocycles. The first kappa shape index (κ1) is 28.0. The Morgan fingerprint density at radius 3 is 2.06 bits per heavy atom. The summed E-state index contributed by atoms with van der Waals surface area (Å²) < 4.78 is 0. The van der Waals surface area contributed by atoms with Crippen molar-refractivity contribution in [1.82, 2.24) is 0 Å². The molecule has 0 radical (unpaired) electrons. The van der Waals surface area contributed by atoms with Gasteiger partial charge in [-0.15, -0.1) is 0 Å². The van der Waals surface area contributed by atoms with Gasteiger partial charge >= 0.3 is 11.9 Å². The number of unbranched alkanes of at least 4 members (excludes halogenated alkanes) is 11. The van der Waals surface area contributed by atoms with Crippen molar-refractivity contribution in [2.45, 2.75) is 121 Å². The topological polar surface area (TPSA) is 94.8 Å². The van der Waals surface area contributed by atoms with Gasteiger partial charge in [0.05, 0.1) is 24.2 Å². The first-order valence-electron chi connectivity index (χ1n) is 12.4. The molecule has 180 valence electrons. The zero-order chi connectivity index (χ0) is 22.9. The molecule has 0 aromatic carbocycles. The van der Waals surface area contributed by atoms with Gasteiger partial charge in [0.25, 0.3) is 0 Å². The van der Waals surface area contributed by atoms with E-state index < -0.39 is 18.0 Å². The summed E-state index contributed by atoms with van der Waals surface area (Å²) in [5.41, 5.74) is 1.18. The smallest absolute Gasteiger partial charge is 0.304 e. The minimum atomic E-state index is -0.883. The molecule has 0 aliphatic heterocycles. The number of rotatable bonds is 18. The molecule has 0 aromatic heterocycles. The lowest BCUT2D eigenvalue weighted by molar-refractivity contribution is -0.139. The SMILES string of the molecule is CCCCCCCCCCCCC/C=C1\CC[C@H](CC(=O)O)[C@@H](O)[C@@H]1SCCC(=O)O. The lowest BCUT2D eigenvalue weighted by Crippen LogP contribution is -2.38. The number of carbonyl (C=O) groups is 2. The summed E-state index contributed by atoms with van der Waals surface area (Å²) in [5, 5.41) is 28.6. The van der Waals surface area contributed by atoms with Crippen molar-refractivity contribution < 1.29 is 24.9 Å². The van der Waals surface area contributed by atoms with Crippen molar-refractivity contribution >= 4 is 23.7 Å². The van der Waals surface area contributed by atoms with Crippen LogP contribution in [0.5, 0.6) is 0 Å². The van der Waals surface area contributed by atoms with Gasteiger partial charge in [-0.25, -0.2) is 0 Å². The number of aliphatic carboxylic acids is 2. The summed E-state index contributed by atoms with van der Waals surface area (Å²) in [4.78, 5) is 21.9. The van der Waals surface area contributed by atoms with E-state index in [1.165, 1.54) is 81.5 Å². The van der Waals surface area contributed by atoms with Crippen molar-refractivity contribution in [3.8, 4) is 0 Å². The highest BCUT2D eigenvalue weighted by molar-refractivity contribution is 8.00. The van der Waals surface area contributed by atoms with E-state index in [1.54, 1.807) is 0 Å². The van der Waals surface area contributed by atoms with Gasteiger partial charge in [0.2, 0.25) is 0 Å². The van der Waals surface area contributed by atoms with Crippen LogP contribution < -0.4 is 0 Å². The molecule has 31 heavy (non-hydrogen) atoms. The molecule has 6 heteroatoms. The number of hydrogen-bond donors (Lipinski definition) is 3. The zero-order valence-electron chi connectivity index (χ0n) is 19.4. The van der Waals surface area contributed by atoms with Gasteiger partial charge < -0.3 is 15.3 Å². The molecule has 1 fully saturated rings. The quantitative estimate of drug-likeness (QED) is 0.162. The van der Waals surface area contributed by atoms with Crippen LogP contribution in [0.4, 0.5) is 0 Å². The molecular weight excluding hydrogens is 412 g/mol. The second kappa shape index (κ2) is 17.5. The van der Waals surface area contributed by atoms with Gasteiger partial charge in [0, 0.05) is 5.75 Å². The predicted octanol–water partition coefficient (Wildman–Crippen LogP) is 6.44. The minimum absolute atomic E-state index is 0.0248. The van der Waals surface area contributed by atoms with Crippen LogP contribution in [0.3, 0.4) is 0 Å². The molecule has 5 nitrogen and oxygen atoms in total. The van der Waals surface area contributed by atoms with Crippen LogP contribution in [-0.2, 0) is 9.59 Å². The lowest BCUT2D eigenvalue weighted by Gasteiger charge is -2.36. The number of carboxylic acid groups (broad SMARTS) is 2. The first-order valence-corrected chi connectivity index (χ1v) is 13.4. The third-order valence-electron chi connectivity index (χ3n) is 6.23. The summed E-state index contributed by atoms with van der Waals surface area (Å²) in [5.74, 6) is -1.54. The number of carboxylic acids is 2. The Bertz CT molecular complexity index is 534. The Morgan fingerprint density at radius 1 is 0.935 bits per heavy atom. The number of thioether (sulfide) groups is 1. The van der Waals surface area contributed by atoms with E-state index in [0.29, 0.717) is 12.2 Å². The third kappa shape index (κ3) is 13.2. The van der Waals surface area contributed by atoms with Crippen molar-refractivity contribution in [1.29, 1.82) is 0 Å². The summed E-state index contributed by atoms with van der Waals surface area (Å²) in [7, 11) is 0. The van der Waals surface area contributed by atoms with Gasteiger partial charge in [-0.3, -0.25) is 9.59 Å². The van der Waals surface area contributed by atoms with Gasteiger partial charge in [0.1, 0.15) is 0 Å². The average molecular weight is 457 g/mol. The highest BCUT2D eigenvalue weighted by atomic mass is 32.2. The van der Waals surface area contributed by atoms with Gasteiger partial charge in [0.15, 0.2) is 0 Å². The van der Waals surface area contributed by atoms with Gasteiger partial charge in [-0.05, 0) is 31.6 Å². The largest absolute Gasteiger partial charge is 0.481 e. The van der Waals surface area contributed by atoms with Crippen LogP contribution in [0.1, 0.15) is 110 Å². The van der Waals surface area contributed by atoms with Crippen LogP contribution in [0.15, 0.2) is 11.6 Å². The van der Waals surface area contributed by atoms with E-state index in [-0.39, 0.29) is 24.0 Å². The van der Waals surface area contributed by atoms with E-state index in [9.17, 15) is 14.7 Å². The van der Waals surface area contributed by atoms with Crippen LogP contribution in [0.2, 0.25) is 0 Å². The number of hydrogen-bond acceptors (Lipinski definition) is 4. The monoisotopic (exact) mass is 456 g/mol. The predicted molar refractivity (Wildman–Crippen MR) is 129 cm³/mol. The summed E-state index contributed by atoms with van der Waals surface area (Å²) in [6, 6.07) is 0. The van der Waals surface area contributed by atoms with E-state index >= 15 is 0 Å². The second-order valence-electron chi connectivity index (χ2n) is 8.93. The van der Waals surface area contributed by atoms with Crippen molar-refractivity contribution in [2.24, 2.45) is 5.92 Å². The zero-order valence-corrected chi connectivity index (χ0v) is 20.2. The Balaban J connectivity index is 2.32. The Morgan fingerprint density at radius 2 is 1.52 bits per heavy atom. The van der Waals surface area contributed by atoms with Crippen LogP contribution in [-0.4, -0.2) is 44.4 Å². The van der Waals surface area contributed by atoms with Crippen molar-refractivity contribution in [3.63, 3.8) is 0 Å². The Hall–Kier alpha value is -1.01. The fraction of sp³-hybridized carbons (Fsp3) is 0.840. The van der Waals surface area contributed by atoms with Crippen molar-refractivity contribution in [3.05, 3.63) is 11.6 Å². The molecule has 3 atom stereocenters. The highest BCUT2D eigenvalue weighted by Crippen LogP contribution is 2.38. The van der Waals surface area contributed by atoms with Crippen LogP contribution in [0.25, 0.3) is 0 Å². The molecule has 0 unspecified atom stereocenters. The Labute approximate surface area is 193 Å². The lowest BCUT2D eigenvalue weighted by atomic mass is 9.80.